The standard InChI is InChI=1S/C23H28FN7O3/c1-12-5-19-26-14(11-33-2)10-31(19)21(25-12)27-18-6-16(29-30-18)15-3-4-17(20(15)24)34-22(32)28-23-7-13(8-23)9-23/h5-6,10,13,15,17,20H,3-4,7-9,11H2,1-2H3,(H,28,32)(H2,25,27,29,30)/t13?,15-,17-,20-,23?/m0/s1. The van der Waals surface area contributed by atoms with Crippen molar-refractivity contribution in [3.63, 3.8) is 0 Å². The fraction of sp³-hybridized carbons (Fsp3) is 0.565. The van der Waals surface area contributed by atoms with Gasteiger partial charge in [-0.1, -0.05) is 0 Å². The second kappa shape index (κ2) is 7.93. The van der Waals surface area contributed by atoms with Gasteiger partial charge in [-0.15, -0.1) is 0 Å². The molecule has 4 aliphatic rings. The number of aryl methyl sites for hydroxylation is 1. The maximum atomic E-state index is 15.2. The van der Waals surface area contributed by atoms with Gasteiger partial charge in [0.05, 0.1) is 12.3 Å². The van der Waals surface area contributed by atoms with Crippen LogP contribution in [-0.4, -0.2) is 55.6 Å². The summed E-state index contributed by atoms with van der Waals surface area (Å²) in [7, 11) is 1.62. The van der Waals surface area contributed by atoms with Gasteiger partial charge in [-0.25, -0.2) is 19.2 Å². The van der Waals surface area contributed by atoms with Crippen LogP contribution in [0.5, 0.6) is 0 Å². The predicted molar refractivity (Wildman–Crippen MR) is 121 cm³/mol. The minimum absolute atomic E-state index is 0.0790. The van der Waals surface area contributed by atoms with Gasteiger partial charge in [0.1, 0.15) is 17.9 Å². The van der Waals surface area contributed by atoms with Crippen molar-refractivity contribution < 1.29 is 18.7 Å². The van der Waals surface area contributed by atoms with Crippen LogP contribution in [0.1, 0.15) is 55.1 Å². The number of amides is 1. The third-order valence-corrected chi connectivity index (χ3v) is 7.33. The number of nitrogens with zero attached hydrogens (tertiary/aromatic N) is 4. The first-order valence-electron chi connectivity index (χ1n) is 11.7. The number of nitrogens with one attached hydrogen (secondary N) is 3. The summed E-state index contributed by atoms with van der Waals surface area (Å²) in [5, 5.41) is 13.4. The molecule has 0 aromatic carbocycles. The number of methoxy groups -OCH3 is 1. The van der Waals surface area contributed by atoms with Gasteiger partial charge in [0, 0.05) is 48.3 Å². The van der Waals surface area contributed by atoms with Crippen LogP contribution < -0.4 is 10.6 Å². The van der Waals surface area contributed by atoms with Gasteiger partial charge in [-0.05, 0) is 44.9 Å². The number of carbonyl (C=O) groups excluding carboxylic acids is 1. The molecule has 2 bridgehead atoms. The summed E-state index contributed by atoms with van der Waals surface area (Å²) in [6.07, 6.45) is 3.43. The van der Waals surface area contributed by atoms with E-state index in [9.17, 15) is 4.79 Å². The van der Waals surface area contributed by atoms with E-state index in [1.165, 1.54) is 0 Å². The topological polar surface area (TPSA) is 118 Å². The predicted octanol–water partition coefficient (Wildman–Crippen LogP) is 3.51. The summed E-state index contributed by atoms with van der Waals surface area (Å²) in [6.45, 7) is 2.29. The second-order valence-corrected chi connectivity index (χ2v) is 9.90. The minimum Gasteiger partial charge on any atom is -0.443 e. The van der Waals surface area contributed by atoms with Crippen molar-refractivity contribution in [1.29, 1.82) is 0 Å². The van der Waals surface area contributed by atoms with E-state index >= 15 is 4.39 Å². The van der Waals surface area contributed by atoms with E-state index in [1.54, 1.807) is 13.2 Å². The van der Waals surface area contributed by atoms with Gasteiger partial charge < -0.3 is 20.1 Å². The molecule has 3 aromatic heterocycles. The molecule has 0 radical (unpaired) electrons. The Balaban J connectivity index is 1.12. The van der Waals surface area contributed by atoms with Crippen LogP contribution >= 0.6 is 0 Å². The molecule has 1 amide bonds. The van der Waals surface area contributed by atoms with Crippen molar-refractivity contribution in [3.8, 4) is 0 Å². The van der Waals surface area contributed by atoms with Gasteiger partial charge in [0.15, 0.2) is 5.82 Å². The van der Waals surface area contributed by atoms with Crippen molar-refractivity contribution in [1.82, 2.24) is 29.9 Å². The molecule has 7 rings (SSSR count). The highest BCUT2D eigenvalue weighted by Gasteiger charge is 2.58. The molecular weight excluding hydrogens is 441 g/mol. The maximum absolute atomic E-state index is 15.2. The number of aromatic nitrogens is 5. The first kappa shape index (κ1) is 21.3. The number of alkyl halides is 1. The normalized spacial score (nSPS) is 29.5. The Labute approximate surface area is 195 Å². The number of rotatable bonds is 7. The van der Waals surface area contributed by atoms with Crippen LogP contribution in [0.25, 0.3) is 5.65 Å². The molecule has 34 heavy (non-hydrogen) atoms. The van der Waals surface area contributed by atoms with Crippen molar-refractivity contribution in [2.75, 3.05) is 12.4 Å². The highest BCUT2D eigenvalue weighted by Crippen LogP contribution is 2.57. The lowest BCUT2D eigenvalue weighted by molar-refractivity contribution is -0.0532. The molecule has 4 saturated carbocycles. The number of hydrogen-bond acceptors (Lipinski definition) is 7. The molecule has 0 unspecified atom stereocenters. The van der Waals surface area contributed by atoms with E-state index < -0.39 is 24.3 Å². The largest absolute Gasteiger partial charge is 0.443 e. The molecule has 180 valence electrons. The zero-order chi connectivity index (χ0) is 23.4. The Morgan fingerprint density at radius 1 is 1.29 bits per heavy atom. The number of halogens is 1. The van der Waals surface area contributed by atoms with E-state index in [0.29, 0.717) is 36.9 Å². The number of alkyl carbamates (subject to hydrolysis) is 1. The summed E-state index contributed by atoms with van der Waals surface area (Å²) >= 11 is 0. The van der Waals surface area contributed by atoms with E-state index in [-0.39, 0.29) is 5.54 Å². The fourth-order valence-electron chi connectivity index (χ4n) is 5.55. The lowest BCUT2D eigenvalue weighted by Crippen LogP contribution is -2.68. The van der Waals surface area contributed by atoms with Crippen molar-refractivity contribution >= 4 is 23.5 Å². The second-order valence-electron chi connectivity index (χ2n) is 9.90. The number of imidazole rings is 1. The average molecular weight is 470 g/mol. The summed E-state index contributed by atoms with van der Waals surface area (Å²) in [5.41, 5.74) is 2.92. The van der Waals surface area contributed by atoms with Gasteiger partial charge in [0.2, 0.25) is 5.95 Å². The summed E-state index contributed by atoms with van der Waals surface area (Å²) < 4.78 is 27.7. The van der Waals surface area contributed by atoms with Crippen LogP contribution in [0.3, 0.4) is 0 Å². The number of carbonyl (C=O) groups is 1. The maximum Gasteiger partial charge on any atom is 0.407 e. The zero-order valence-electron chi connectivity index (χ0n) is 19.2. The summed E-state index contributed by atoms with van der Waals surface area (Å²) in [5.74, 6) is 1.41. The van der Waals surface area contributed by atoms with E-state index in [4.69, 9.17) is 9.47 Å². The number of aromatic amines is 1. The summed E-state index contributed by atoms with van der Waals surface area (Å²) in [6, 6.07) is 3.67. The smallest absolute Gasteiger partial charge is 0.407 e. The quantitative estimate of drug-likeness (QED) is 0.485. The van der Waals surface area contributed by atoms with Crippen LogP contribution in [0.4, 0.5) is 21.0 Å². The Morgan fingerprint density at radius 3 is 2.85 bits per heavy atom. The third-order valence-electron chi connectivity index (χ3n) is 7.33. The zero-order valence-corrected chi connectivity index (χ0v) is 19.2. The van der Waals surface area contributed by atoms with E-state index in [2.05, 4.69) is 30.8 Å². The lowest BCUT2D eigenvalue weighted by Gasteiger charge is -2.61. The van der Waals surface area contributed by atoms with Crippen molar-refractivity contribution in [2.24, 2.45) is 5.92 Å². The van der Waals surface area contributed by atoms with Crippen molar-refractivity contribution in [3.05, 3.63) is 35.4 Å². The number of ether oxygens (including phenoxy) is 2. The van der Waals surface area contributed by atoms with Crippen LogP contribution in [-0.2, 0) is 16.1 Å². The highest BCUT2D eigenvalue weighted by atomic mass is 19.1. The van der Waals surface area contributed by atoms with E-state index in [1.807, 2.05) is 23.6 Å². The molecule has 4 aliphatic carbocycles. The minimum atomic E-state index is -1.29. The van der Waals surface area contributed by atoms with Crippen molar-refractivity contribution in [2.45, 2.75) is 69.4 Å². The van der Waals surface area contributed by atoms with Gasteiger partial charge >= 0.3 is 6.09 Å². The number of anilines is 2. The average Bonchev–Trinajstić information content (AvgIpc) is 3.44. The molecule has 10 nitrogen and oxygen atoms in total. The first-order valence-corrected chi connectivity index (χ1v) is 11.7. The number of hydrogen-bond donors (Lipinski definition) is 3. The highest BCUT2D eigenvalue weighted by molar-refractivity contribution is 5.69. The fourth-order valence-corrected chi connectivity index (χ4v) is 5.55. The molecule has 3 N–H and O–H groups in total. The van der Waals surface area contributed by atoms with Gasteiger partial charge in [-0.2, -0.15) is 5.10 Å². The molecule has 0 saturated heterocycles. The monoisotopic (exact) mass is 469 g/mol. The SMILES string of the molecule is COCc1cn2c(Nc3cc([C@@H]4CC[C@H](OC(=O)NC56CC(C5)C6)[C@H]4F)[nH]n3)nc(C)cc2n1. The molecule has 11 heteroatoms. The van der Waals surface area contributed by atoms with Crippen LogP contribution in [0, 0.1) is 12.8 Å². The summed E-state index contributed by atoms with van der Waals surface area (Å²) in [4.78, 5) is 21.4. The van der Waals surface area contributed by atoms with Crippen LogP contribution in [0.15, 0.2) is 18.3 Å². The van der Waals surface area contributed by atoms with Gasteiger partial charge in [-0.3, -0.25) is 9.50 Å². The Hall–Kier alpha value is -3.21. The lowest BCUT2D eigenvalue weighted by atomic mass is 9.50. The third kappa shape index (κ3) is 3.67. The Bertz CT molecular complexity index is 1220. The molecular formula is C23H28FN7O3. The molecule has 0 spiro atoms. The first-order chi connectivity index (χ1) is 16.4. The molecule has 3 atom stereocenters. The number of fused-ring (bicyclic) bond motifs is 1. The molecule has 0 aliphatic heterocycles. The van der Waals surface area contributed by atoms with Crippen LogP contribution in [0.2, 0.25) is 0 Å². The van der Waals surface area contributed by atoms with E-state index in [0.717, 1.165) is 42.2 Å². The Morgan fingerprint density at radius 2 is 2.12 bits per heavy atom. The Kier molecular flexibility index (Phi) is 4.98. The number of H-pyrrole nitrogens is 1. The van der Waals surface area contributed by atoms with Gasteiger partial charge in [0.25, 0.3) is 0 Å². The molecule has 3 aromatic rings. The molecule has 3 heterocycles. The molecule has 4 fully saturated rings.